The maximum Gasteiger partial charge on any atom is 0.138 e. The summed E-state index contributed by atoms with van der Waals surface area (Å²) in [6.45, 7) is 4.80. The fraction of sp³-hybridized carbons (Fsp3) is 0.417. The van der Waals surface area contributed by atoms with Gasteiger partial charge in [0.2, 0.25) is 0 Å². The van der Waals surface area contributed by atoms with E-state index < -0.39 is 5.54 Å². The van der Waals surface area contributed by atoms with E-state index in [-0.39, 0.29) is 0 Å². The zero-order valence-electron chi connectivity index (χ0n) is 9.46. The Bertz CT molecular complexity index is 372. The predicted molar refractivity (Wildman–Crippen MR) is 64.6 cm³/mol. The van der Waals surface area contributed by atoms with Gasteiger partial charge in [0.05, 0.1) is 6.07 Å². The van der Waals surface area contributed by atoms with E-state index in [1.165, 1.54) is 0 Å². The van der Waals surface area contributed by atoms with E-state index in [1.54, 1.807) is 24.3 Å². The highest BCUT2D eigenvalue weighted by atomic mass is 35.5. The minimum atomic E-state index is -0.658. The molecule has 0 spiro atoms. The first-order chi connectivity index (χ1) is 7.59. The lowest BCUT2D eigenvalue weighted by Crippen LogP contribution is -2.46. The van der Waals surface area contributed by atoms with Crippen molar-refractivity contribution in [1.29, 1.82) is 5.26 Å². The molecule has 0 radical (unpaired) electrons. The van der Waals surface area contributed by atoms with Crippen LogP contribution in [0.5, 0.6) is 5.75 Å². The Morgan fingerprint density at radius 2 is 2.06 bits per heavy atom. The van der Waals surface area contributed by atoms with Gasteiger partial charge in [-0.05, 0) is 37.7 Å². The minimum absolute atomic E-state index is 0.305. The molecule has 1 N–H and O–H groups in total. The van der Waals surface area contributed by atoms with Gasteiger partial charge in [-0.1, -0.05) is 18.5 Å². The maximum absolute atomic E-state index is 9.02. The van der Waals surface area contributed by atoms with Gasteiger partial charge in [0.25, 0.3) is 0 Å². The summed E-state index contributed by atoms with van der Waals surface area (Å²) >= 11 is 5.76. The van der Waals surface area contributed by atoms with Crippen molar-refractivity contribution < 1.29 is 4.74 Å². The highest BCUT2D eigenvalue weighted by Gasteiger charge is 2.23. The first-order valence-corrected chi connectivity index (χ1v) is 5.52. The number of likely N-dealkylation sites (N-methyl/N-ethyl adjacent to an activating group) is 1. The Labute approximate surface area is 101 Å². The van der Waals surface area contributed by atoms with Crippen molar-refractivity contribution in [3.05, 3.63) is 29.3 Å². The summed E-state index contributed by atoms with van der Waals surface area (Å²) in [5.41, 5.74) is -0.658. The Balaban J connectivity index is 2.56. The molecule has 0 aliphatic heterocycles. The number of nitrogens with one attached hydrogen (secondary N) is 1. The van der Waals surface area contributed by atoms with Gasteiger partial charge in [-0.25, -0.2) is 0 Å². The number of hydrogen-bond donors (Lipinski definition) is 1. The van der Waals surface area contributed by atoms with Gasteiger partial charge in [-0.15, -0.1) is 0 Å². The zero-order valence-corrected chi connectivity index (χ0v) is 10.2. The molecule has 0 aliphatic carbocycles. The van der Waals surface area contributed by atoms with Gasteiger partial charge in [-0.2, -0.15) is 5.26 Å². The van der Waals surface area contributed by atoms with E-state index in [2.05, 4.69) is 11.4 Å². The normalized spacial score (nSPS) is 13.9. The SMILES string of the molecule is CCNC(C)(C#N)COc1ccc(Cl)cc1. The van der Waals surface area contributed by atoms with Crippen molar-refractivity contribution in [2.75, 3.05) is 13.2 Å². The van der Waals surface area contributed by atoms with Crippen molar-refractivity contribution in [2.45, 2.75) is 19.4 Å². The van der Waals surface area contributed by atoms with Crippen molar-refractivity contribution in [3.8, 4) is 11.8 Å². The van der Waals surface area contributed by atoms with Gasteiger partial charge in [0, 0.05) is 5.02 Å². The molecule has 1 unspecified atom stereocenters. The monoisotopic (exact) mass is 238 g/mol. The molecule has 0 saturated heterocycles. The van der Waals surface area contributed by atoms with Crippen LogP contribution in [0.3, 0.4) is 0 Å². The van der Waals surface area contributed by atoms with Crippen LogP contribution in [0, 0.1) is 11.3 Å². The molecule has 0 heterocycles. The lowest BCUT2D eigenvalue weighted by atomic mass is 10.1. The van der Waals surface area contributed by atoms with Crippen molar-refractivity contribution in [2.24, 2.45) is 0 Å². The maximum atomic E-state index is 9.02. The molecule has 4 heteroatoms. The number of benzene rings is 1. The average molecular weight is 239 g/mol. The topological polar surface area (TPSA) is 45.0 Å². The van der Waals surface area contributed by atoms with Crippen LogP contribution >= 0.6 is 11.6 Å². The summed E-state index contributed by atoms with van der Waals surface area (Å²) in [6, 6.07) is 9.28. The minimum Gasteiger partial charge on any atom is -0.491 e. The summed E-state index contributed by atoms with van der Waals surface area (Å²) < 4.78 is 5.53. The van der Waals surface area contributed by atoms with E-state index >= 15 is 0 Å². The quantitative estimate of drug-likeness (QED) is 0.858. The lowest BCUT2D eigenvalue weighted by molar-refractivity contribution is 0.236. The molecule has 0 aliphatic rings. The molecule has 0 bridgehead atoms. The van der Waals surface area contributed by atoms with Gasteiger partial charge in [0.15, 0.2) is 0 Å². The Hall–Kier alpha value is -1.24. The second-order valence-corrected chi connectivity index (χ2v) is 4.15. The third-order valence-corrected chi connectivity index (χ3v) is 2.41. The Morgan fingerprint density at radius 1 is 1.44 bits per heavy atom. The number of halogens is 1. The smallest absolute Gasteiger partial charge is 0.138 e. The van der Waals surface area contributed by atoms with Gasteiger partial charge < -0.3 is 4.74 Å². The number of nitrogens with zero attached hydrogens (tertiary/aromatic N) is 1. The van der Waals surface area contributed by atoms with Crippen LogP contribution in [0.1, 0.15) is 13.8 Å². The van der Waals surface area contributed by atoms with Crippen LogP contribution in [0.4, 0.5) is 0 Å². The molecule has 3 nitrogen and oxygen atoms in total. The van der Waals surface area contributed by atoms with Crippen LogP contribution in [0.25, 0.3) is 0 Å². The molecule has 0 saturated carbocycles. The Morgan fingerprint density at radius 3 is 2.56 bits per heavy atom. The molecular weight excluding hydrogens is 224 g/mol. The van der Waals surface area contributed by atoms with E-state index in [9.17, 15) is 0 Å². The summed E-state index contributed by atoms with van der Waals surface area (Å²) in [7, 11) is 0. The number of nitriles is 1. The molecule has 16 heavy (non-hydrogen) atoms. The summed E-state index contributed by atoms with van der Waals surface area (Å²) in [5.74, 6) is 0.712. The highest BCUT2D eigenvalue weighted by molar-refractivity contribution is 6.30. The van der Waals surface area contributed by atoms with Crippen LogP contribution in [-0.4, -0.2) is 18.7 Å². The second-order valence-electron chi connectivity index (χ2n) is 3.72. The van der Waals surface area contributed by atoms with Crippen LogP contribution in [0.2, 0.25) is 5.02 Å². The molecule has 86 valence electrons. The average Bonchev–Trinajstić information content (AvgIpc) is 2.29. The van der Waals surface area contributed by atoms with Gasteiger partial charge >= 0.3 is 0 Å². The fourth-order valence-corrected chi connectivity index (χ4v) is 1.40. The number of hydrogen-bond acceptors (Lipinski definition) is 3. The van der Waals surface area contributed by atoms with Crippen LogP contribution in [0.15, 0.2) is 24.3 Å². The van der Waals surface area contributed by atoms with Crippen LogP contribution < -0.4 is 10.1 Å². The van der Waals surface area contributed by atoms with E-state index in [4.69, 9.17) is 21.6 Å². The van der Waals surface area contributed by atoms with Gasteiger partial charge in [-0.3, -0.25) is 5.32 Å². The first-order valence-electron chi connectivity index (χ1n) is 5.14. The van der Waals surface area contributed by atoms with E-state index in [0.717, 1.165) is 6.54 Å². The first kappa shape index (κ1) is 12.8. The molecule has 1 rings (SSSR count). The standard InChI is InChI=1S/C12H15ClN2O/c1-3-15-12(2,8-14)9-16-11-6-4-10(13)5-7-11/h4-7,15H,3,9H2,1-2H3. The summed E-state index contributed by atoms with van der Waals surface area (Å²) in [4.78, 5) is 0. The number of ether oxygens (including phenoxy) is 1. The highest BCUT2D eigenvalue weighted by Crippen LogP contribution is 2.16. The molecule has 1 atom stereocenters. The molecule has 0 aromatic heterocycles. The van der Waals surface area contributed by atoms with Crippen molar-refractivity contribution >= 4 is 11.6 Å². The Kier molecular flexibility index (Phi) is 4.60. The lowest BCUT2D eigenvalue weighted by Gasteiger charge is -2.22. The second kappa shape index (κ2) is 5.74. The third kappa shape index (κ3) is 3.73. The summed E-state index contributed by atoms with van der Waals surface area (Å²) in [6.07, 6.45) is 0. The van der Waals surface area contributed by atoms with E-state index in [1.807, 2.05) is 13.8 Å². The van der Waals surface area contributed by atoms with Gasteiger partial charge in [0.1, 0.15) is 17.9 Å². The van der Waals surface area contributed by atoms with Crippen molar-refractivity contribution in [3.63, 3.8) is 0 Å². The fourth-order valence-electron chi connectivity index (χ4n) is 1.27. The van der Waals surface area contributed by atoms with Crippen molar-refractivity contribution in [1.82, 2.24) is 5.32 Å². The van der Waals surface area contributed by atoms with E-state index in [0.29, 0.717) is 17.4 Å². The zero-order chi connectivity index (χ0) is 12.0. The molecule has 1 aromatic carbocycles. The molecule has 0 fully saturated rings. The molecule has 1 aromatic rings. The van der Waals surface area contributed by atoms with Crippen LogP contribution in [-0.2, 0) is 0 Å². The molecule has 0 amide bonds. The third-order valence-electron chi connectivity index (χ3n) is 2.15. The number of rotatable bonds is 5. The summed E-state index contributed by atoms with van der Waals surface area (Å²) in [5, 5.41) is 12.8. The molecular formula is C12H15ClN2O. The predicted octanol–water partition coefficient (Wildman–Crippen LogP) is 2.61. The largest absolute Gasteiger partial charge is 0.491 e.